The first-order valence-corrected chi connectivity index (χ1v) is 7.06. The summed E-state index contributed by atoms with van der Waals surface area (Å²) in [5, 5.41) is 1.11. The highest BCUT2D eigenvalue weighted by Crippen LogP contribution is 2.35. The number of anilines is 1. The lowest BCUT2D eigenvalue weighted by Crippen LogP contribution is -2.36. The molecule has 3 aromatic rings. The monoisotopic (exact) mass is 272 g/mol. The van der Waals surface area contributed by atoms with Gasteiger partial charge in [-0.05, 0) is 12.1 Å². The molecule has 1 aliphatic rings. The smallest absolute Gasteiger partial charge is 0.150 e. The Labute approximate surface area is 113 Å². The van der Waals surface area contributed by atoms with E-state index in [0.717, 1.165) is 52.6 Å². The average Bonchev–Trinajstić information content (AvgIpc) is 2.87. The van der Waals surface area contributed by atoms with E-state index in [2.05, 4.69) is 25.9 Å². The number of pyridine rings is 1. The van der Waals surface area contributed by atoms with Crippen LogP contribution in [0.2, 0.25) is 0 Å². The number of aromatic nitrogens is 3. The molecule has 0 saturated carbocycles. The van der Waals surface area contributed by atoms with Crippen LogP contribution < -0.4 is 4.90 Å². The Bertz CT molecular complexity index is 736. The zero-order chi connectivity index (χ0) is 12.7. The molecule has 96 valence electrons. The lowest BCUT2D eigenvalue weighted by atomic mass is 10.3. The largest absolute Gasteiger partial charge is 0.378 e. The molecule has 6 heteroatoms. The molecule has 0 spiro atoms. The minimum atomic E-state index is 0.759. The Morgan fingerprint density at radius 3 is 2.95 bits per heavy atom. The van der Waals surface area contributed by atoms with Crippen LogP contribution >= 0.6 is 11.3 Å². The summed E-state index contributed by atoms with van der Waals surface area (Å²) in [6, 6.07) is 4.02. The van der Waals surface area contributed by atoms with Gasteiger partial charge < -0.3 is 9.64 Å². The molecule has 0 N–H and O–H groups in total. The van der Waals surface area contributed by atoms with Crippen molar-refractivity contribution in [2.75, 3.05) is 31.2 Å². The molecule has 5 nitrogen and oxygen atoms in total. The van der Waals surface area contributed by atoms with Gasteiger partial charge in [0, 0.05) is 24.7 Å². The highest BCUT2D eigenvalue weighted by atomic mass is 32.1. The van der Waals surface area contributed by atoms with E-state index in [-0.39, 0.29) is 0 Å². The first-order valence-electron chi connectivity index (χ1n) is 6.24. The third-order valence-electron chi connectivity index (χ3n) is 3.32. The van der Waals surface area contributed by atoms with Gasteiger partial charge in [0.1, 0.15) is 17.0 Å². The molecule has 1 fully saturated rings. The molecule has 4 heterocycles. The SMILES string of the molecule is c1cnc2sc3c(N4CCOCC4)ncnc3c2c1. The molecule has 0 bridgehead atoms. The molecular formula is C13H12N4OS. The van der Waals surface area contributed by atoms with Crippen molar-refractivity contribution in [3.63, 3.8) is 0 Å². The van der Waals surface area contributed by atoms with E-state index in [4.69, 9.17) is 4.74 Å². The van der Waals surface area contributed by atoms with Crippen LogP contribution in [0.4, 0.5) is 5.82 Å². The molecule has 4 rings (SSSR count). The van der Waals surface area contributed by atoms with Crippen molar-refractivity contribution in [3.05, 3.63) is 24.7 Å². The number of rotatable bonds is 1. The van der Waals surface area contributed by atoms with E-state index in [1.807, 2.05) is 12.3 Å². The van der Waals surface area contributed by atoms with Gasteiger partial charge in [0.2, 0.25) is 0 Å². The Hall–Kier alpha value is -1.79. The van der Waals surface area contributed by atoms with Crippen LogP contribution in [-0.4, -0.2) is 41.3 Å². The van der Waals surface area contributed by atoms with E-state index in [1.54, 1.807) is 17.7 Å². The van der Waals surface area contributed by atoms with Crippen molar-refractivity contribution in [1.82, 2.24) is 15.0 Å². The number of ether oxygens (including phenoxy) is 1. The summed E-state index contributed by atoms with van der Waals surface area (Å²) in [4.78, 5) is 16.6. The second kappa shape index (κ2) is 4.40. The number of nitrogens with zero attached hydrogens (tertiary/aromatic N) is 4. The van der Waals surface area contributed by atoms with Crippen molar-refractivity contribution in [2.24, 2.45) is 0 Å². The van der Waals surface area contributed by atoms with E-state index in [1.165, 1.54) is 0 Å². The first-order chi connectivity index (χ1) is 9.43. The standard InChI is InChI=1S/C13H12N4OS/c1-2-9-10-11(19-13(9)14-3-1)12(16-8-15-10)17-4-6-18-7-5-17/h1-3,8H,4-7H2. The van der Waals surface area contributed by atoms with E-state index in [0.29, 0.717) is 0 Å². The molecule has 0 atom stereocenters. The third kappa shape index (κ3) is 1.75. The first kappa shape index (κ1) is 11.1. The number of fused-ring (bicyclic) bond motifs is 3. The van der Waals surface area contributed by atoms with Gasteiger partial charge in [0.15, 0.2) is 0 Å². The fraction of sp³-hybridized carbons (Fsp3) is 0.308. The van der Waals surface area contributed by atoms with E-state index >= 15 is 0 Å². The molecule has 3 aromatic heterocycles. The summed E-state index contributed by atoms with van der Waals surface area (Å²) in [6.45, 7) is 3.28. The molecule has 1 aliphatic heterocycles. The Morgan fingerprint density at radius 1 is 1.16 bits per heavy atom. The molecule has 1 saturated heterocycles. The van der Waals surface area contributed by atoms with Crippen molar-refractivity contribution in [3.8, 4) is 0 Å². The summed E-state index contributed by atoms with van der Waals surface area (Å²) in [5.74, 6) is 1.01. The Kier molecular flexibility index (Phi) is 2.56. The zero-order valence-corrected chi connectivity index (χ0v) is 11.1. The van der Waals surface area contributed by atoms with Crippen LogP contribution in [0.25, 0.3) is 20.4 Å². The maximum Gasteiger partial charge on any atom is 0.150 e. The molecule has 0 radical (unpaired) electrons. The van der Waals surface area contributed by atoms with Crippen molar-refractivity contribution < 1.29 is 4.74 Å². The van der Waals surface area contributed by atoms with E-state index in [9.17, 15) is 0 Å². The predicted octanol–water partition coefficient (Wildman–Crippen LogP) is 2.08. The van der Waals surface area contributed by atoms with Crippen molar-refractivity contribution in [2.45, 2.75) is 0 Å². The number of morpholine rings is 1. The maximum absolute atomic E-state index is 5.40. The summed E-state index contributed by atoms with van der Waals surface area (Å²) in [7, 11) is 0. The van der Waals surface area contributed by atoms with Gasteiger partial charge in [0.25, 0.3) is 0 Å². The van der Waals surface area contributed by atoms with Crippen LogP contribution in [0, 0.1) is 0 Å². The van der Waals surface area contributed by atoms with Gasteiger partial charge >= 0.3 is 0 Å². The number of hydrogen-bond donors (Lipinski definition) is 0. The lowest BCUT2D eigenvalue weighted by molar-refractivity contribution is 0.122. The van der Waals surface area contributed by atoms with Crippen molar-refractivity contribution in [1.29, 1.82) is 0 Å². The summed E-state index contributed by atoms with van der Waals surface area (Å²) in [6.07, 6.45) is 3.46. The van der Waals surface area contributed by atoms with Gasteiger partial charge in [-0.1, -0.05) is 0 Å². The molecule has 0 aliphatic carbocycles. The van der Waals surface area contributed by atoms with Crippen LogP contribution in [0.15, 0.2) is 24.7 Å². The maximum atomic E-state index is 5.40. The summed E-state index contributed by atoms with van der Waals surface area (Å²) < 4.78 is 6.52. The normalized spacial score (nSPS) is 16.3. The average molecular weight is 272 g/mol. The molecule has 19 heavy (non-hydrogen) atoms. The van der Waals surface area contributed by atoms with Crippen LogP contribution in [0.1, 0.15) is 0 Å². The molecule has 0 unspecified atom stereocenters. The second-order valence-electron chi connectivity index (χ2n) is 4.43. The number of thiophene rings is 1. The van der Waals surface area contributed by atoms with Crippen LogP contribution in [0.3, 0.4) is 0 Å². The van der Waals surface area contributed by atoms with Gasteiger partial charge in [-0.2, -0.15) is 0 Å². The van der Waals surface area contributed by atoms with Gasteiger partial charge in [0.05, 0.1) is 23.4 Å². The third-order valence-corrected chi connectivity index (χ3v) is 4.42. The minimum absolute atomic E-state index is 0.759. The Balaban J connectivity index is 1.95. The predicted molar refractivity (Wildman–Crippen MR) is 75.7 cm³/mol. The lowest BCUT2D eigenvalue weighted by Gasteiger charge is -2.27. The zero-order valence-electron chi connectivity index (χ0n) is 10.2. The Morgan fingerprint density at radius 2 is 2.05 bits per heavy atom. The van der Waals surface area contributed by atoms with Crippen LogP contribution in [0.5, 0.6) is 0 Å². The van der Waals surface area contributed by atoms with Crippen molar-refractivity contribution >= 4 is 37.6 Å². The van der Waals surface area contributed by atoms with E-state index < -0.39 is 0 Å². The molecular weight excluding hydrogens is 260 g/mol. The number of hydrogen-bond acceptors (Lipinski definition) is 6. The van der Waals surface area contributed by atoms with Gasteiger partial charge in [-0.3, -0.25) is 0 Å². The summed E-state index contributed by atoms with van der Waals surface area (Å²) >= 11 is 1.66. The second-order valence-corrected chi connectivity index (χ2v) is 5.43. The van der Waals surface area contributed by atoms with Gasteiger partial charge in [-0.15, -0.1) is 11.3 Å². The molecule has 0 amide bonds. The quantitative estimate of drug-likeness (QED) is 0.679. The minimum Gasteiger partial charge on any atom is -0.378 e. The fourth-order valence-electron chi connectivity index (χ4n) is 2.40. The fourth-order valence-corrected chi connectivity index (χ4v) is 3.51. The topological polar surface area (TPSA) is 51.1 Å². The summed E-state index contributed by atoms with van der Waals surface area (Å²) in [5.41, 5.74) is 1.00. The van der Waals surface area contributed by atoms with Crippen LogP contribution in [-0.2, 0) is 4.74 Å². The highest BCUT2D eigenvalue weighted by Gasteiger charge is 2.18. The molecule has 0 aromatic carbocycles. The highest BCUT2D eigenvalue weighted by molar-refractivity contribution is 7.25. The van der Waals surface area contributed by atoms with Gasteiger partial charge in [-0.25, -0.2) is 15.0 Å².